The summed E-state index contributed by atoms with van der Waals surface area (Å²) in [5, 5.41) is 19.6. The predicted molar refractivity (Wildman–Crippen MR) is 43.2 cm³/mol. The van der Waals surface area contributed by atoms with Gasteiger partial charge in [0.1, 0.15) is 0 Å². The highest BCUT2D eigenvalue weighted by Crippen LogP contribution is 2.27. The number of rotatable bonds is 4. The van der Waals surface area contributed by atoms with Crippen LogP contribution < -0.4 is 0 Å². The summed E-state index contributed by atoms with van der Waals surface area (Å²) >= 11 is 0. The van der Waals surface area contributed by atoms with E-state index in [4.69, 9.17) is 0 Å². The van der Waals surface area contributed by atoms with Crippen LogP contribution in [-0.4, -0.2) is 21.1 Å². The summed E-state index contributed by atoms with van der Waals surface area (Å²) in [7, 11) is 0. The third kappa shape index (κ3) is 2.27. The van der Waals surface area contributed by atoms with E-state index in [0.717, 1.165) is 0 Å². The second kappa shape index (κ2) is 3.15. The van der Waals surface area contributed by atoms with Crippen molar-refractivity contribution in [2.45, 2.75) is 38.8 Å². The fraction of sp³-hybridized carbons (Fsp3) is 1.00. The molecule has 7 nitrogen and oxygen atoms in total. The van der Waals surface area contributed by atoms with Gasteiger partial charge in [-0.05, 0) is 13.8 Å². The molecule has 76 valence electrons. The molecule has 0 saturated carbocycles. The molecule has 0 aromatic heterocycles. The van der Waals surface area contributed by atoms with Crippen LogP contribution in [0.2, 0.25) is 0 Å². The molecule has 0 N–H and O–H groups in total. The van der Waals surface area contributed by atoms with Crippen LogP contribution in [0.3, 0.4) is 0 Å². The summed E-state index contributed by atoms with van der Waals surface area (Å²) in [5.74, 6) is 0. The number of nitro groups is 1. The molecular weight excluding hydrogens is 180 g/mol. The Morgan fingerprint density at radius 2 is 1.46 bits per heavy atom. The molecule has 0 spiro atoms. The minimum Gasteiger partial charge on any atom is -0.300 e. The lowest BCUT2D eigenvalue weighted by atomic mass is 9.87. The minimum absolute atomic E-state index is 0.601. The van der Waals surface area contributed by atoms with Crippen LogP contribution in [0.1, 0.15) is 27.7 Å². The monoisotopic (exact) mass is 192 g/mol. The molecule has 0 aromatic rings. The maximum atomic E-state index is 10.6. The van der Waals surface area contributed by atoms with Crippen LogP contribution >= 0.6 is 0 Å². The number of hydrogen-bond acceptors (Lipinski definition) is 5. The van der Waals surface area contributed by atoms with E-state index in [0.29, 0.717) is 0 Å². The van der Waals surface area contributed by atoms with Crippen molar-refractivity contribution in [1.29, 1.82) is 0 Å². The van der Waals surface area contributed by atoms with Crippen molar-refractivity contribution in [3.8, 4) is 0 Å². The van der Waals surface area contributed by atoms with Crippen molar-refractivity contribution in [2.75, 3.05) is 0 Å². The average molecular weight is 192 g/mol. The molecule has 0 aliphatic heterocycles. The van der Waals surface area contributed by atoms with Gasteiger partial charge in [-0.25, -0.2) is 0 Å². The maximum Gasteiger partial charge on any atom is 0.295 e. The molecule has 0 rings (SSSR count). The molecule has 0 aromatic carbocycles. The Labute approximate surface area is 74.9 Å². The van der Waals surface area contributed by atoms with Crippen LogP contribution in [0, 0.1) is 20.2 Å². The topological polar surface area (TPSA) is 95.5 Å². The molecule has 0 aliphatic rings. The summed E-state index contributed by atoms with van der Waals surface area (Å²) in [5.41, 5.74) is -2.97. The second-order valence-corrected chi connectivity index (χ2v) is 3.64. The van der Waals surface area contributed by atoms with Crippen molar-refractivity contribution in [3.63, 3.8) is 0 Å². The first-order valence-electron chi connectivity index (χ1n) is 3.59. The highest BCUT2D eigenvalue weighted by Gasteiger charge is 2.51. The van der Waals surface area contributed by atoms with Gasteiger partial charge in [-0.15, -0.1) is 10.1 Å². The highest BCUT2D eigenvalue weighted by molar-refractivity contribution is 4.87. The molecule has 0 bridgehead atoms. The van der Waals surface area contributed by atoms with E-state index in [9.17, 15) is 20.2 Å². The summed E-state index contributed by atoms with van der Waals surface area (Å²) < 4.78 is 0. The van der Waals surface area contributed by atoms with E-state index >= 15 is 0 Å². The molecule has 0 unspecified atom stereocenters. The quantitative estimate of drug-likeness (QED) is 0.489. The zero-order valence-corrected chi connectivity index (χ0v) is 7.94. The van der Waals surface area contributed by atoms with Crippen molar-refractivity contribution < 1.29 is 14.8 Å². The van der Waals surface area contributed by atoms with Crippen LogP contribution in [0.4, 0.5) is 0 Å². The fourth-order valence-electron chi connectivity index (χ4n) is 0.518. The summed E-state index contributed by atoms with van der Waals surface area (Å²) in [6.45, 7) is 5.16. The first kappa shape index (κ1) is 11.6. The smallest absolute Gasteiger partial charge is 0.295 e. The zero-order valence-electron chi connectivity index (χ0n) is 7.94. The Kier molecular flexibility index (Phi) is 2.81. The largest absolute Gasteiger partial charge is 0.300 e. The summed E-state index contributed by atoms with van der Waals surface area (Å²) in [6.07, 6.45) is 0. The lowest BCUT2D eigenvalue weighted by molar-refractivity contribution is -0.795. The van der Waals surface area contributed by atoms with Gasteiger partial charge in [0.05, 0.1) is 0 Å². The first-order chi connectivity index (χ1) is 5.61. The van der Waals surface area contributed by atoms with E-state index < -0.39 is 21.1 Å². The maximum absolute atomic E-state index is 10.6. The van der Waals surface area contributed by atoms with E-state index in [2.05, 4.69) is 4.84 Å². The lowest BCUT2D eigenvalue weighted by Gasteiger charge is -2.31. The van der Waals surface area contributed by atoms with Crippen LogP contribution in [0.5, 0.6) is 0 Å². The van der Waals surface area contributed by atoms with Gasteiger partial charge in [-0.3, -0.25) is 10.1 Å². The van der Waals surface area contributed by atoms with Crippen molar-refractivity contribution in [3.05, 3.63) is 20.2 Å². The normalized spacial score (nSPS) is 12.3. The van der Waals surface area contributed by atoms with Gasteiger partial charge >= 0.3 is 0 Å². The van der Waals surface area contributed by atoms with Crippen LogP contribution in [-0.2, 0) is 4.84 Å². The van der Waals surface area contributed by atoms with Crippen molar-refractivity contribution >= 4 is 0 Å². The van der Waals surface area contributed by atoms with Gasteiger partial charge in [0.15, 0.2) is 5.60 Å². The molecule has 0 amide bonds. The number of nitrogens with zero attached hydrogens (tertiary/aromatic N) is 2. The van der Waals surface area contributed by atoms with E-state index in [-0.39, 0.29) is 0 Å². The molecule has 13 heavy (non-hydrogen) atoms. The fourth-order valence-corrected chi connectivity index (χ4v) is 0.518. The van der Waals surface area contributed by atoms with Gasteiger partial charge in [-0.2, -0.15) is 0 Å². The molecular formula is C6H12N2O5. The Balaban J connectivity index is 4.80. The highest BCUT2D eigenvalue weighted by atomic mass is 17.0. The molecule has 0 fully saturated rings. The van der Waals surface area contributed by atoms with E-state index in [1.165, 1.54) is 27.7 Å². The molecule has 0 saturated heterocycles. The minimum atomic E-state index is -1.51. The Morgan fingerprint density at radius 3 is 1.69 bits per heavy atom. The zero-order chi connectivity index (χ0) is 10.9. The first-order valence-corrected chi connectivity index (χ1v) is 3.59. The number of hydrogen-bond donors (Lipinski definition) is 0. The van der Waals surface area contributed by atoms with Gasteiger partial charge < -0.3 is 4.84 Å². The van der Waals surface area contributed by atoms with Gasteiger partial charge in [0, 0.05) is 18.8 Å². The van der Waals surface area contributed by atoms with Gasteiger partial charge in [0.2, 0.25) is 5.54 Å². The Hall–Kier alpha value is -1.40. The average Bonchev–Trinajstić information content (AvgIpc) is 1.83. The Bertz CT molecular complexity index is 235. The predicted octanol–water partition coefficient (Wildman–Crippen LogP) is 1.03. The third-order valence-electron chi connectivity index (χ3n) is 2.23. The second-order valence-electron chi connectivity index (χ2n) is 3.64. The molecule has 0 aliphatic carbocycles. The summed E-state index contributed by atoms with van der Waals surface area (Å²) in [4.78, 5) is 24.2. The Morgan fingerprint density at radius 1 is 1.08 bits per heavy atom. The molecule has 0 radical (unpaired) electrons. The third-order valence-corrected chi connectivity index (χ3v) is 2.23. The molecule has 0 atom stereocenters. The SMILES string of the molecule is CC(C)(O[N+](=O)[O-])C(C)(C)[N+](=O)[O-]. The van der Waals surface area contributed by atoms with Crippen molar-refractivity contribution in [2.24, 2.45) is 0 Å². The molecule has 0 heterocycles. The van der Waals surface area contributed by atoms with E-state index in [1.807, 2.05) is 0 Å². The lowest BCUT2D eigenvalue weighted by Crippen LogP contribution is -2.53. The van der Waals surface area contributed by atoms with E-state index in [1.54, 1.807) is 0 Å². The van der Waals surface area contributed by atoms with Crippen LogP contribution in [0.15, 0.2) is 0 Å². The standard InChI is InChI=1S/C6H12N2O5/c1-5(2,7(9)10)6(3,4)13-8(11)12/h1-4H3. The van der Waals surface area contributed by atoms with Crippen LogP contribution in [0.25, 0.3) is 0 Å². The molecule has 7 heteroatoms. The summed E-state index contributed by atoms with van der Waals surface area (Å²) in [6, 6.07) is 0. The van der Waals surface area contributed by atoms with Gasteiger partial charge in [-0.1, -0.05) is 0 Å². The van der Waals surface area contributed by atoms with Gasteiger partial charge in [0.25, 0.3) is 5.09 Å². The van der Waals surface area contributed by atoms with Crippen molar-refractivity contribution in [1.82, 2.24) is 0 Å².